The lowest BCUT2D eigenvalue weighted by atomic mass is 10.1. The van der Waals surface area contributed by atoms with Crippen molar-refractivity contribution in [3.05, 3.63) is 59.7 Å². The highest BCUT2D eigenvalue weighted by molar-refractivity contribution is 6.07. The molecule has 0 aliphatic heterocycles. The minimum Gasteiger partial charge on any atom is -0.545 e. The van der Waals surface area contributed by atoms with Crippen LogP contribution in [0.4, 0.5) is 11.4 Å². The predicted molar refractivity (Wildman–Crippen MR) is 69.6 cm³/mol. The second-order valence-electron chi connectivity index (χ2n) is 3.91. The van der Waals surface area contributed by atoms with Gasteiger partial charge in [0.2, 0.25) is 0 Å². The van der Waals surface area contributed by atoms with Gasteiger partial charge in [0.1, 0.15) is 0 Å². The number of anilines is 2. The van der Waals surface area contributed by atoms with Gasteiger partial charge in [0.15, 0.2) is 0 Å². The SMILES string of the molecule is Nc1ccccc1C(=O)Nc1ccc(C(=O)[O-])cc1. The number of aromatic carboxylic acids is 1. The van der Waals surface area contributed by atoms with Crippen LogP contribution in [0.25, 0.3) is 0 Å². The van der Waals surface area contributed by atoms with Gasteiger partial charge in [-0.05, 0) is 29.8 Å². The maximum absolute atomic E-state index is 11.9. The summed E-state index contributed by atoms with van der Waals surface area (Å²) in [5, 5.41) is 13.2. The molecule has 0 saturated carbocycles. The molecule has 0 unspecified atom stereocenters. The lowest BCUT2D eigenvalue weighted by molar-refractivity contribution is -0.255. The van der Waals surface area contributed by atoms with E-state index in [-0.39, 0.29) is 11.5 Å². The lowest BCUT2D eigenvalue weighted by Gasteiger charge is -2.08. The lowest BCUT2D eigenvalue weighted by Crippen LogP contribution is -2.22. The van der Waals surface area contributed by atoms with Crippen molar-refractivity contribution < 1.29 is 14.7 Å². The number of nitrogen functional groups attached to an aromatic ring is 1. The minimum atomic E-state index is -1.26. The van der Waals surface area contributed by atoms with Gasteiger partial charge in [0.25, 0.3) is 5.91 Å². The highest BCUT2D eigenvalue weighted by atomic mass is 16.4. The third kappa shape index (κ3) is 2.90. The number of carboxylic acid groups (broad SMARTS) is 1. The van der Waals surface area contributed by atoms with Crippen LogP contribution in [0.15, 0.2) is 48.5 Å². The maximum Gasteiger partial charge on any atom is 0.257 e. The Labute approximate surface area is 109 Å². The van der Waals surface area contributed by atoms with E-state index in [4.69, 9.17) is 5.73 Å². The zero-order valence-corrected chi connectivity index (χ0v) is 9.92. The Morgan fingerprint density at radius 2 is 1.63 bits per heavy atom. The number of carbonyl (C=O) groups is 2. The summed E-state index contributed by atoms with van der Waals surface area (Å²) >= 11 is 0. The molecule has 0 aliphatic rings. The summed E-state index contributed by atoms with van der Waals surface area (Å²) in [6.07, 6.45) is 0. The van der Waals surface area contributed by atoms with E-state index in [2.05, 4.69) is 5.32 Å². The molecule has 2 rings (SSSR count). The first-order valence-electron chi connectivity index (χ1n) is 5.55. The van der Waals surface area contributed by atoms with Crippen molar-refractivity contribution in [2.45, 2.75) is 0 Å². The van der Waals surface area contributed by atoms with Crippen LogP contribution in [0, 0.1) is 0 Å². The van der Waals surface area contributed by atoms with E-state index in [9.17, 15) is 14.7 Å². The fourth-order valence-corrected chi connectivity index (χ4v) is 1.59. The first-order valence-corrected chi connectivity index (χ1v) is 5.55. The second kappa shape index (κ2) is 5.22. The van der Waals surface area contributed by atoms with Crippen LogP contribution in [0.3, 0.4) is 0 Å². The smallest absolute Gasteiger partial charge is 0.257 e. The summed E-state index contributed by atoms with van der Waals surface area (Å²) < 4.78 is 0. The molecule has 2 aromatic carbocycles. The van der Waals surface area contributed by atoms with Gasteiger partial charge in [-0.1, -0.05) is 24.3 Å². The van der Waals surface area contributed by atoms with Crippen LogP contribution < -0.4 is 16.2 Å². The Kier molecular flexibility index (Phi) is 3.47. The van der Waals surface area contributed by atoms with Gasteiger partial charge in [-0.25, -0.2) is 0 Å². The standard InChI is InChI=1S/C14H12N2O3/c15-12-4-2-1-3-11(12)13(17)16-10-7-5-9(6-8-10)14(18)19/h1-8H,15H2,(H,16,17)(H,18,19)/p-1. The predicted octanol–water partition coefficient (Wildman–Crippen LogP) is 0.885. The molecule has 0 spiro atoms. The van der Waals surface area contributed by atoms with Crippen LogP contribution in [-0.4, -0.2) is 11.9 Å². The first-order chi connectivity index (χ1) is 9.08. The van der Waals surface area contributed by atoms with Crippen LogP contribution in [0.2, 0.25) is 0 Å². The molecule has 0 heterocycles. The van der Waals surface area contributed by atoms with E-state index in [1.807, 2.05) is 0 Å². The summed E-state index contributed by atoms with van der Waals surface area (Å²) in [5.41, 5.74) is 6.98. The molecule has 5 heteroatoms. The summed E-state index contributed by atoms with van der Waals surface area (Å²) in [4.78, 5) is 22.5. The van der Waals surface area contributed by atoms with Crippen molar-refractivity contribution in [1.82, 2.24) is 0 Å². The van der Waals surface area contributed by atoms with Gasteiger partial charge in [-0.3, -0.25) is 4.79 Å². The van der Waals surface area contributed by atoms with Crippen LogP contribution in [-0.2, 0) is 0 Å². The summed E-state index contributed by atoms with van der Waals surface area (Å²) in [5.74, 6) is -1.61. The normalized spacial score (nSPS) is 9.89. The minimum absolute atomic E-state index is 0.0530. The van der Waals surface area contributed by atoms with Crippen molar-refractivity contribution in [2.75, 3.05) is 11.1 Å². The molecule has 2 aromatic rings. The average Bonchev–Trinajstić information content (AvgIpc) is 2.39. The quantitative estimate of drug-likeness (QED) is 0.796. The number of rotatable bonds is 3. The zero-order valence-electron chi connectivity index (χ0n) is 9.92. The number of para-hydroxylation sites is 1. The van der Waals surface area contributed by atoms with Gasteiger partial charge >= 0.3 is 0 Å². The Balaban J connectivity index is 2.15. The molecule has 0 saturated heterocycles. The Morgan fingerprint density at radius 1 is 1.00 bits per heavy atom. The monoisotopic (exact) mass is 255 g/mol. The van der Waals surface area contributed by atoms with E-state index in [0.717, 1.165) is 0 Å². The van der Waals surface area contributed by atoms with Gasteiger partial charge in [-0.15, -0.1) is 0 Å². The Bertz CT molecular complexity index is 621. The van der Waals surface area contributed by atoms with Crippen molar-refractivity contribution in [3.8, 4) is 0 Å². The topological polar surface area (TPSA) is 95.2 Å². The van der Waals surface area contributed by atoms with Gasteiger partial charge in [0.05, 0.1) is 11.5 Å². The van der Waals surface area contributed by atoms with Crippen LogP contribution in [0.5, 0.6) is 0 Å². The average molecular weight is 255 g/mol. The fourth-order valence-electron chi connectivity index (χ4n) is 1.59. The molecule has 1 amide bonds. The molecule has 0 atom stereocenters. The van der Waals surface area contributed by atoms with Gasteiger partial charge in [-0.2, -0.15) is 0 Å². The molecule has 3 N–H and O–H groups in total. The zero-order chi connectivity index (χ0) is 13.8. The molecule has 0 fully saturated rings. The molecule has 0 aromatic heterocycles. The highest BCUT2D eigenvalue weighted by Gasteiger charge is 2.08. The fraction of sp³-hybridized carbons (Fsp3) is 0. The number of benzene rings is 2. The van der Waals surface area contributed by atoms with Crippen LogP contribution >= 0.6 is 0 Å². The Morgan fingerprint density at radius 3 is 2.21 bits per heavy atom. The summed E-state index contributed by atoms with van der Waals surface area (Å²) in [7, 11) is 0. The molecule has 0 bridgehead atoms. The Hall–Kier alpha value is -2.82. The number of hydrogen-bond donors (Lipinski definition) is 2. The number of carbonyl (C=O) groups excluding carboxylic acids is 2. The van der Waals surface area contributed by atoms with Gasteiger partial charge in [0, 0.05) is 11.4 Å². The third-order valence-electron chi connectivity index (χ3n) is 2.58. The van der Waals surface area contributed by atoms with E-state index in [1.54, 1.807) is 24.3 Å². The molecular formula is C14H11N2O3-. The van der Waals surface area contributed by atoms with Crippen molar-refractivity contribution >= 4 is 23.3 Å². The van der Waals surface area contributed by atoms with Crippen molar-refractivity contribution in [2.24, 2.45) is 0 Å². The summed E-state index contributed by atoms with van der Waals surface area (Å²) in [6, 6.07) is 12.4. The molecule has 5 nitrogen and oxygen atoms in total. The van der Waals surface area contributed by atoms with E-state index in [0.29, 0.717) is 16.9 Å². The number of hydrogen-bond acceptors (Lipinski definition) is 4. The first kappa shape index (κ1) is 12.6. The highest BCUT2D eigenvalue weighted by Crippen LogP contribution is 2.14. The number of nitrogens with one attached hydrogen (secondary N) is 1. The third-order valence-corrected chi connectivity index (χ3v) is 2.58. The number of nitrogens with two attached hydrogens (primary N) is 1. The second-order valence-corrected chi connectivity index (χ2v) is 3.91. The molecule has 0 aliphatic carbocycles. The van der Waals surface area contributed by atoms with Crippen LogP contribution in [0.1, 0.15) is 20.7 Å². The number of amides is 1. The molecule has 0 radical (unpaired) electrons. The largest absolute Gasteiger partial charge is 0.545 e. The van der Waals surface area contributed by atoms with Crippen molar-refractivity contribution in [1.29, 1.82) is 0 Å². The molecule has 96 valence electrons. The molecular weight excluding hydrogens is 244 g/mol. The summed E-state index contributed by atoms with van der Waals surface area (Å²) in [6.45, 7) is 0. The molecule has 19 heavy (non-hydrogen) atoms. The van der Waals surface area contributed by atoms with Crippen molar-refractivity contribution in [3.63, 3.8) is 0 Å². The number of carboxylic acids is 1. The maximum atomic E-state index is 11.9. The van der Waals surface area contributed by atoms with E-state index < -0.39 is 5.97 Å². The van der Waals surface area contributed by atoms with E-state index >= 15 is 0 Å². The van der Waals surface area contributed by atoms with E-state index in [1.165, 1.54) is 24.3 Å². The van der Waals surface area contributed by atoms with Gasteiger partial charge < -0.3 is 21.0 Å².